The molecule has 0 heterocycles. The second-order valence-electron chi connectivity index (χ2n) is 5.89. The number of carbonyl (C=O) groups is 1. The Morgan fingerprint density at radius 1 is 1.18 bits per heavy atom. The van der Waals surface area contributed by atoms with E-state index < -0.39 is 6.61 Å². The Bertz CT molecular complexity index is 807. The fourth-order valence-corrected chi connectivity index (χ4v) is 2.74. The molecule has 1 amide bonds. The SMILES string of the molecule is C=CCc1cc(C(=O)NCCc2ccc(OC(F)F)cc2)cc(OC)c1OC. The van der Waals surface area contributed by atoms with Crippen LogP contribution in [0.4, 0.5) is 8.78 Å². The lowest BCUT2D eigenvalue weighted by Gasteiger charge is -2.14. The van der Waals surface area contributed by atoms with E-state index in [1.807, 2.05) is 0 Å². The minimum absolute atomic E-state index is 0.0999. The molecule has 0 saturated heterocycles. The summed E-state index contributed by atoms with van der Waals surface area (Å²) in [5.74, 6) is 0.901. The van der Waals surface area contributed by atoms with Gasteiger partial charge in [0.2, 0.25) is 0 Å². The number of benzene rings is 2. The Morgan fingerprint density at radius 2 is 1.89 bits per heavy atom. The molecule has 1 N–H and O–H groups in total. The number of methoxy groups -OCH3 is 2. The van der Waals surface area contributed by atoms with E-state index in [4.69, 9.17) is 9.47 Å². The maximum atomic E-state index is 12.5. The summed E-state index contributed by atoms with van der Waals surface area (Å²) in [5.41, 5.74) is 2.15. The van der Waals surface area contributed by atoms with Gasteiger partial charge in [0.25, 0.3) is 5.91 Å². The predicted octanol–water partition coefficient (Wildman–Crippen LogP) is 4.01. The molecule has 150 valence electrons. The Morgan fingerprint density at radius 3 is 2.46 bits per heavy atom. The highest BCUT2D eigenvalue weighted by atomic mass is 19.3. The van der Waals surface area contributed by atoms with Gasteiger partial charge >= 0.3 is 6.61 Å². The molecular weight excluding hydrogens is 368 g/mol. The van der Waals surface area contributed by atoms with E-state index in [0.29, 0.717) is 36.4 Å². The fraction of sp³-hybridized carbons (Fsp3) is 0.286. The van der Waals surface area contributed by atoms with Crippen LogP contribution in [0.5, 0.6) is 17.2 Å². The number of alkyl halides is 2. The molecule has 2 aromatic rings. The molecule has 0 fully saturated rings. The largest absolute Gasteiger partial charge is 0.493 e. The lowest BCUT2D eigenvalue weighted by Crippen LogP contribution is -2.26. The summed E-state index contributed by atoms with van der Waals surface area (Å²) in [7, 11) is 3.06. The van der Waals surface area contributed by atoms with Crippen molar-refractivity contribution in [1.82, 2.24) is 5.32 Å². The summed E-state index contributed by atoms with van der Waals surface area (Å²) in [5, 5.41) is 2.84. The van der Waals surface area contributed by atoms with Crippen LogP contribution in [0.15, 0.2) is 49.1 Å². The van der Waals surface area contributed by atoms with Crippen molar-refractivity contribution >= 4 is 5.91 Å². The molecule has 0 aliphatic heterocycles. The highest BCUT2D eigenvalue weighted by Gasteiger charge is 2.15. The first-order valence-electron chi connectivity index (χ1n) is 8.66. The highest BCUT2D eigenvalue weighted by molar-refractivity contribution is 5.95. The molecule has 0 unspecified atom stereocenters. The second-order valence-corrected chi connectivity index (χ2v) is 5.89. The maximum Gasteiger partial charge on any atom is 0.387 e. The van der Waals surface area contributed by atoms with Gasteiger partial charge in [-0.05, 0) is 42.7 Å². The summed E-state index contributed by atoms with van der Waals surface area (Å²) in [6.45, 7) is 1.26. The highest BCUT2D eigenvalue weighted by Crippen LogP contribution is 2.33. The van der Waals surface area contributed by atoms with Crippen LogP contribution in [0.3, 0.4) is 0 Å². The zero-order valence-electron chi connectivity index (χ0n) is 15.8. The van der Waals surface area contributed by atoms with E-state index in [9.17, 15) is 13.6 Å². The van der Waals surface area contributed by atoms with Crippen molar-refractivity contribution in [3.05, 3.63) is 65.7 Å². The van der Waals surface area contributed by atoms with E-state index in [1.165, 1.54) is 19.2 Å². The van der Waals surface area contributed by atoms with Gasteiger partial charge in [-0.2, -0.15) is 8.78 Å². The first-order chi connectivity index (χ1) is 13.5. The first-order valence-corrected chi connectivity index (χ1v) is 8.66. The molecule has 0 aliphatic carbocycles. The van der Waals surface area contributed by atoms with Crippen LogP contribution in [0.1, 0.15) is 21.5 Å². The monoisotopic (exact) mass is 391 g/mol. The van der Waals surface area contributed by atoms with Crippen LogP contribution < -0.4 is 19.5 Å². The van der Waals surface area contributed by atoms with Crippen molar-refractivity contribution in [2.75, 3.05) is 20.8 Å². The maximum absolute atomic E-state index is 12.5. The molecule has 28 heavy (non-hydrogen) atoms. The van der Waals surface area contributed by atoms with E-state index in [1.54, 1.807) is 37.5 Å². The molecule has 0 saturated carbocycles. The lowest BCUT2D eigenvalue weighted by molar-refractivity contribution is -0.0498. The Balaban J connectivity index is 2.00. The third-order valence-corrected chi connectivity index (χ3v) is 4.03. The first kappa shape index (κ1) is 21.2. The molecule has 7 heteroatoms. The minimum Gasteiger partial charge on any atom is -0.493 e. The third kappa shape index (κ3) is 5.70. The minimum atomic E-state index is -2.85. The standard InChI is InChI=1S/C21H23F2NO4/c1-4-5-15-12-16(13-18(26-2)19(15)27-3)20(25)24-11-10-14-6-8-17(9-7-14)28-21(22)23/h4,6-9,12-13,21H,1,5,10-11H2,2-3H3,(H,24,25). The molecule has 2 rings (SSSR count). The average molecular weight is 391 g/mol. The summed E-state index contributed by atoms with van der Waals surface area (Å²) in [6.07, 6.45) is 2.81. The van der Waals surface area contributed by atoms with Crippen LogP contribution in [0, 0.1) is 0 Å². The van der Waals surface area contributed by atoms with Crippen LogP contribution in [-0.4, -0.2) is 33.3 Å². The molecule has 0 spiro atoms. The van der Waals surface area contributed by atoms with E-state index in [0.717, 1.165) is 11.1 Å². The van der Waals surface area contributed by atoms with Crippen molar-refractivity contribution in [1.29, 1.82) is 0 Å². The molecule has 0 atom stereocenters. The van der Waals surface area contributed by atoms with Crippen LogP contribution in [-0.2, 0) is 12.8 Å². The zero-order chi connectivity index (χ0) is 20.5. The number of allylic oxidation sites excluding steroid dienone is 1. The predicted molar refractivity (Wildman–Crippen MR) is 103 cm³/mol. The number of hydrogen-bond donors (Lipinski definition) is 1. The zero-order valence-corrected chi connectivity index (χ0v) is 15.8. The molecule has 2 aromatic carbocycles. The topological polar surface area (TPSA) is 56.8 Å². The van der Waals surface area contributed by atoms with Gasteiger partial charge in [-0.25, -0.2) is 0 Å². The third-order valence-electron chi connectivity index (χ3n) is 4.03. The quantitative estimate of drug-likeness (QED) is 0.622. The molecule has 5 nitrogen and oxygen atoms in total. The second kappa shape index (κ2) is 10.3. The molecule has 0 aliphatic rings. The molecule has 0 bridgehead atoms. The number of amides is 1. The van der Waals surface area contributed by atoms with Crippen molar-refractivity contribution in [2.45, 2.75) is 19.5 Å². The van der Waals surface area contributed by atoms with Crippen molar-refractivity contribution in [3.8, 4) is 17.2 Å². The van der Waals surface area contributed by atoms with Gasteiger partial charge < -0.3 is 19.5 Å². The fourth-order valence-electron chi connectivity index (χ4n) is 2.74. The number of ether oxygens (including phenoxy) is 3. The number of carbonyl (C=O) groups excluding carboxylic acids is 1. The average Bonchev–Trinajstić information content (AvgIpc) is 2.68. The smallest absolute Gasteiger partial charge is 0.387 e. The van der Waals surface area contributed by atoms with Gasteiger partial charge in [-0.1, -0.05) is 18.2 Å². The van der Waals surface area contributed by atoms with Gasteiger partial charge in [-0.3, -0.25) is 4.79 Å². The number of nitrogens with one attached hydrogen (secondary N) is 1. The van der Waals surface area contributed by atoms with Gasteiger partial charge in [0.15, 0.2) is 11.5 Å². The normalized spacial score (nSPS) is 10.5. The summed E-state index contributed by atoms with van der Waals surface area (Å²) in [6, 6.07) is 9.68. The Kier molecular flexibility index (Phi) is 7.80. The molecule has 0 aromatic heterocycles. The number of hydrogen-bond acceptors (Lipinski definition) is 4. The van der Waals surface area contributed by atoms with E-state index in [2.05, 4.69) is 16.6 Å². The van der Waals surface area contributed by atoms with Gasteiger partial charge in [0, 0.05) is 17.7 Å². The van der Waals surface area contributed by atoms with E-state index >= 15 is 0 Å². The van der Waals surface area contributed by atoms with Crippen molar-refractivity contribution in [2.24, 2.45) is 0 Å². The Labute approximate surface area is 162 Å². The number of halogens is 2. The summed E-state index contributed by atoms with van der Waals surface area (Å²) < 4.78 is 39.3. The lowest BCUT2D eigenvalue weighted by atomic mass is 10.0. The van der Waals surface area contributed by atoms with Crippen molar-refractivity contribution < 1.29 is 27.8 Å². The van der Waals surface area contributed by atoms with Crippen molar-refractivity contribution in [3.63, 3.8) is 0 Å². The van der Waals surface area contributed by atoms with Gasteiger partial charge in [-0.15, -0.1) is 6.58 Å². The van der Waals surface area contributed by atoms with Crippen LogP contribution in [0.2, 0.25) is 0 Å². The van der Waals surface area contributed by atoms with Gasteiger partial charge in [0.05, 0.1) is 14.2 Å². The van der Waals surface area contributed by atoms with Crippen LogP contribution >= 0.6 is 0 Å². The number of rotatable bonds is 10. The summed E-state index contributed by atoms with van der Waals surface area (Å²) in [4.78, 5) is 12.5. The Hall–Kier alpha value is -3.09. The van der Waals surface area contributed by atoms with E-state index in [-0.39, 0.29) is 11.7 Å². The molecular formula is C21H23F2NO4. The molecule has 0 radical (unpaired) electrons. The van der Waals surface area contributed by atoms with Gasteiger partial charge in [0.1, 0.15) is 5.75 Å². The van der Waals surface area contributed by atoms with Crippen LogP contribution in [0.25, 0.3) is 0 Å². The summed E-state index contributed by atoms with van der Waals surface area (Å²) >= 11 is 0.